The summed E-state index contributed by atoms with van der Waals surface area (Å²) >= 11 is 1.39. The molecule has 0 aromatic carbocycles. The number of halogens is 3. The first-order valence-electron chi connectivity index (χ1n) is 9.45. The Morgan fingerprint density at radius 2 is 2.03 bits per heavy atom. The Bertz CT molecular complexity index is 1260. The fraction of sp³-hybridized carbons (Fsp3) is 0.300. The van der Waals surface area contributed by atoms with E-state index in [4.69, 9.17) is 0 Å². The molecule has 4 aromatic heterocycles. The molecule has 0 atom stereocenters. The van der Waals surface area contributed by atoms with Gasteiger partial charge in [-0.15, -0.1) is 11.3 Å². The summed E-state index contributed by atoms with van der Waals surface area (Å²) in [7, 11) is 3.31. The minimum atomic E-state index is -4.66. The average molecular weight is 448 g/mol. The second kappa shape index (κ2) is 7.80. The van der Waals surface area contributed by atoms with E-state index in [1.807, 2.05) is 13.0 Å². The van der Waals surface area contributed by atoms with Crippen molar-refractivity contribution in [2.75, 3.05) is 7.05 Å². The molecule has 162 valence electrons. The zero-order chi connectivity index (χ0) is 22.3. The molecule has 0 bridgehead atoms. The summed E-state index contributed by atoms with van der Waals surface area (Å²) in [6.45, 7) is 2.23. The fourth-order valence-electron chi connectivity index (χ4n) is 3.21. The van der Waals surface area contributed by atoms with Crippen LogP contribution in [0.2, 0.25) is 0 Å². The molecule has 4 heterocycles. The largest absolute Gasteiger partial charge is 0.433 e. The first kappa shape index (κ1) is 21.0. The van der Waals surface area contributed by atoms with Gasteiger partial charge in [0.1, 0.15) is 0 Å². The lowest BCUT2D eigenvalue weighted by Gasteiger charge is -2.14. The predicted molar refractivity (Wildman–Crippen MR) is 110 cm³/mol. The van der Waals surface area contributed by atoms with Crippen LogP contribution in [0.4, 0.5) is 13.2 Å². The van der Waals surface area contributed by atoms with Crippen LogP contribution in [0.1, 0.15) is 33.5 Å². The Kier molecular flexibility index (Phi) is 5.29. The first-order valence-corrected chi connectivity index (χ1v) is 10.3. The van der Waals surface area contributed by atoms with Crippen molar-refractivity contribution in [1.29, 1.82) is 0 Å². The molecule has 0 spiro atoms. The average Bonchev–Trinajstić information content (AvgIpc) is 3.44. The molecule has 4 aromatic rings. The Labute approximate surface area is 179 Å². The molecule has 0 unspecified atom stereocenters. The van der Waals surface area contributed by atoms with Crippen molar-refractivity contribution < 1.29 is 18.0 Å². The maximum absolute atomic E-state index is 13.8. The number of thiophene rings is 1. The number of amides is 1. The van der Waals surface area contributed by atoms with Crippen molar-refractivity contribution in [3.63, 3.8) is 0 Å². The molecule has 0 N–H and O–H groups in total. The molecule has 11 heteroatoms. The van der Waals surface area contributed by atoms with Crippen molar-refractivity contribution >= 4 is 22.9 Å². The normalized spacial score (nSPS) is 11.9. The summed E-state index contributed by atoms with van der Waals surface area (Å²) in [4.78, 5) is 20.2. The van der Waals surface area contributed by atoms with Crippen LogP contribution >= 0.6 is 11.3 Å². The molecule has 0 aliphatic heterocycles. The lowest BCUT2D eigenvalue weighted by Crippen LogP contribution is -2.26. The van der Waals surface area contributed by atoms with Gasteiger partial charge in [-0.05, 0) is 24.6 Å². The Balaban J connectivity index is 1.73. The number of alkyl halides is 3. The summed E-state index contributed by atoms with van der Waals surface area (Å²) in [6.07, 6.45) is -0.494. The van der Waals surface area contributed by atoms with Gasteiger partial charge in [0.25, 0.3) is 5.91 Å². The van der Waals surface area contributed by atoms with Crippen molar-refractivity contribution in [1.82, 2.24) is 29.3 Å². The Morgan fingerprint density at radius 1 is 1.26 bits per heavy atom. The van der Waals surface area contributed by atoms with Gasteiger partial charge in [0.05, 0.1) is 16.8 Å². The standard InChI is InChI=1S/C20H19F3N6OS/c1-4-13-5-6-16(31-13)14-7-17(20(21,22)23)29-18(25-14)8-15(26-29)19(30)27(2)10-12-9-24-28(3)11-12/h5-9,11H,4,10H2,1-3H3. The fourth-order valence-corrected chi connectivity index (χ4v) is 4.12. The molecular formula is C20H19F3N6OS. The van der Waals surface area contributed by atoms with Crippen molar-refractivity contribution in [3.05, 3.63) is 58.5 Å². The van der Waals surface area contributed by atoms with Crippen molar-refractivity contribution in [3.8, 4) is 10.6 Å². The zero-order valence-electron chi connectivity index (χ0n) is 17.0. The summed E-state index contributed by atoms with van der Waals surface area (Å²) in [5, 5.41) is 7.98. The number of carbonyl (C=O) groups excluding carboxylic acids is 1. The smallest absolute Gasteiger partial charge is 0.336 e. The summed E-state index contributed by atoms with van der Waals surface area (Å²) < 4.78 is 43.6. The van der Waals surface area contributed by atoms with E-state index in [2.05, 4.69) is 15.2 Å². The molecule has 4 rings (SSSR count). The van der Waals surface area contributed by atoms with Gasteiger partial charge in [0.2, 0.25) is 0 Å². The second-order valence-corrected chi connectivity index (χ2v) is 8.30. The molecule has 0 aliphatic carbocycles. The topological polar surface area (TPSA) is 68.3 Å². The summed E-state index contributed by atoms with van der Waals surface area (Å²) in [6, 6.07) is 5.89. The van der Waals surface area contributed by atoms with E-state index in [0.29, 0.717) is 9.39 Å². The van der Waals surface area contributed by atoms with Crippen molar-refractivity contribution in [2.45, 2.75) is 26.1 Å². The quantitative estimate of drug-likeness (QED) is 0.462. The first-order chi connectivity index (χ1) is 14.7. The predicted octanol–water partition coefficient (Wildman–Crippen LogP) is 4.04. The monoisotopic (exact) mass is 448 g/mol. The highest BCUT2D eigenvalue weighted by Gasteiger charge is 2.36. The van der Waals surface area contributed by atoms with Crippen LogP contribution in [0, 0.1) is 0 Å². The number of rotatable bonds is 5. The number of aromatic nitrogens is 5. The van der Waals surface area contributed by atoms with Gasteiger partial charge in [-0.25, -0.2) is 9.50 Å². The van der Waals surface area contributed by atoms with Crippen LogP contribution < -0.4 is 0 Å². The number of aryl methyl sites for hydroxylation is 2. The summed E-state index contributed by atoms with van der Waals surface area (Å²) in [5.41, 5.74) is -0.126. The van der Waals surface area contributed by atoms with E-state index in [0.717, 1.165) is 22.9 Å². The van der Waals surface area contributed by atoms with Crippen LogP contribution in [-0.2, 0) is 26.2 Å². The van der Waals surface area contributed by atoms with Crippen LogP contribution in [0.15, 0.2) is 36.7 Å². The molecule has 0 saturated heterocycles. The van der Waals surface area contributed by atoms with E-state index in [-0.39, 0.29) is 23.6 Å². The zero-order valence-corrected chi connectivity index (χ0v) is 17.8. The summed E-state index contributed by atoms with van der Waals surface area (Å²) in [5.74, 6) is -0.506. The molecule has 1 amide bonds. The Morgan fingerprint density at radius 3 is 2.65 bits per heavy atom. The molecular weight excluding hydrogens is 429 g/mol. The maximum atomic E-state index is 13.8. The number of hydrogen-bond donors (Lipinski definition) is 0. The van der Waals surface area contributed by atoms with Gasteiger partial charge >= 0.3 is 6.18 Å². The molecule has 0 fully saturated rings. The van der Waals surface area contributed by atoms with Crippen LogP contribution in [-0.4, -0.2) is 42.2 Å². The highest BCUT2D eigenvalue weighted by atomic mass is 32.1. The van der Waals surface area contributed by atoms with Crippen LogP contribution in [0.5, 0.6) is 0 Å². The molecule has 0 radical (unpaired) electrons. The van der Waals surface area contributed by atoms with E-state index in [9.17, 15) is 18.0 Å². The number of hydrogen-bond acceptors (Lipinski definition) is 5. The van der Waals surface area contributed by atoms with Gasteiger partial charge in [0, 0.05) is 43.3 Å². The van der Waals surface area contributed by atoms with E-state index in [1.165, 1.54) is 22.3 Å². The van der Waals surface area contributed by atoms with Crippen LogP contribution in [0.3, 0.4) is 0 Å². The second-order valence-electron chi connectivity index (χ2n) is 7.13. The minimum Gasteiger partial charge on any atom is -0.336 e. The van der Waals surface area contributed by atoms with Gasteiger partial charge in [0.15, 0.2) is 17.0 Å². The highest BCUT2D eigenvalue weighted by molar-refractivity contribution is 7.15. The third-order valence-corrected chi connectivity index (χ3v) is 5.98. The third kappa shape index (κ3) is 4.18. The lowest BCUT2D eigenvalue weighted by molar-refractivity contribution is -0.142. The van der Waals surface area contributed by atoms with Crippen LogP contribution in [0.25, 0.3) is 16.2 Å². The number of fused-ring (bicyclic) bond motifs is 1. The highest BCUT2D eigenvalue weighted by Crippen LogP contribution is 2.34. The minimum absolute atomic E-state index is 0.0330. The van der Waals surface area contributed by atoms with Gasteiger partial charge in [-0.3, -0.25) is 9.48 Å². The molecule has 0 saturated carbocycles. The van der Waals surface area contributed by atoms with Gasteiger partial charge < -0.3 is 4.90 Å². The maximum Gasteiger partial charge on any atom is 0.433 e. The van der Waals surface area contributed by atoms with Crippen molar-refractivity contribution in [2.24, 2.45) is 7.05 Å². The lowest BCUT2D eigenvalue weighted by atomic mass is 10.2. The number of nitrogens with zero attached hydrogens (tertiary/aromatic N) is 6. The van der Waals surface area contributed by atoms with Gasteiger partial charge in [-0.2, -0.15) is 23.4 Å². The Hall–Kier alpha value is -3.21. The van der Waals surface area contributed by atoms with E-state index < -0.39 is 17.8 Å². The van der Waals surface area contributed by atoms with E-state index >= 15 is 0 Å². The third-order valence-electron chi connectivity index (χ3n) is 4.72. The van der Waals surface area contributed by atoms with E-state index in [1.54, 1.807) is 37.2 Å². The number of carbonyl (C=O) groups is 1. The molecule has 31 heavy (non-hydrogen) atoms. The molecule has 7 nitrogen and oxygen atoms in total. The molecule has 0 aliphatic rings. The SMILES string of the molecule is CCc1ccc(-c2cc(C(F)(F)F)n3nc(C(=O)N(C)Cc4cnn(C)c4)cc3n2)s1. The van der Waals surface area contributed by atoms with Gasteiger partial charge in [-0.1, -0.05) is 6.92 Å².